The second-order valence-electron chi connectivity index (χ2n) is 3.36. The lowest BCUT2D eigenvalue weighted by atomic mass is 10.4. The largest absolute Gasteiger partial charge is 0.395 e. The number of aliphatic hydroxyl groups excluding tert-OH is 1. The van der Waals surface area contributed by atoms with Gasteiger partial charge in [0.2, 0.25) is 10.0 Å². The molecule has 2 N–H and O–H groups in total. The minimum absolute atomic E-state index is 0.0432. The maximum Gasteiger partial charge on any atom is 0.240 e. The van der Waals surface area contributed by atoms with Crippen molar-refractivity contribution in [3.63, 3.8) is 0 Å². The lowest BCUT2D eigenvalue weighted by Crippen LogP contribution is -2.26. The zero-order valence-electron chi connectivity index (χ0n) is 9.12. The molecule has 0 radical (unpaired) electrons. The van der Waals surface area contributed by atoms with Gasteiger partial charge < -0.3 is 5.11 Å². The number of benzene rings is 1. The van der Waals surface area contributed by atoms with Crippen molar-refractivity contribution in [3.8, 4) is 0 Å². The summed E-state index contributed by atoms with van der Waals surface area (Å²) in [5.74, 6) is 0. The molecule has 0 fully saturated rings. The third-order valence-corrected chi connectivity index (χ3v) is 4.57. The number of sulfonamides is 1. The van der Waals surface area contributed by atoms with Crippen LogP contribution in [0.2, 0.25) is 0 Å². The molecule has 0 aliphatic heterocycles. The van der Waals surface area contributed by atoms with E-state index in [-0.39, 0.29) is 22.9 Å². The fraction of sp³-hybridized carbons (Fsp3) is 0.333. The molecule has 0 heterocycles. The molecule has 0 bridgehead atoms. The van der Waals surface area contributed by atoms with E-state index in [1.54, 1.807) is 0 Å². The molecule has 0 aliphatic rings. The Kier molecular flexibility index (Phi) is 4.26. The van der Waals surface area contributed by atoms with Gasteiger partial charge in [0.1, 0.15) is 0 Å². The summed E-state index contributed by atoms with van der Waals surface area (Å²) < 4.78 is 47.7. The molecule has 1 aromatic rings. The number of hydrogen-bond donors (Lipinski definition) is 2. The zero-order valence-corrected chi connectivity index (χ0v) is 10.8. The summed E-state index contributed by atoms with van der Waals surface area (Å²) >= 11 is 0. The van der Waals surface area contributed by atoms with Gasteiger partial charge in [-0.25, -0.2) is 21.6 Å². The predicted octanol–water partition coefficient (Wildman–Crippen LogP) is -0.639. The fourth-order valence-corrected chi connectivity index (χ4v) is 2.78. The highest BCUT2D eigenvalue weighted by molar-refractivity contribution is 7.90. The van der Waals surface area contributed by atoms with Crippen molar-refractivity contribution in [2.24, 2.45) is 0 Å². The molecule has 0 spiro atoms. The normalized spacial score (nSPS) is 12.6. The van der Waals surface area contributed by atoms with Gasteiger partial charge in [0.15, 0.2) is 9.84 Å². The summed E-state index contributed by atoms with van der Waals surface area (Å²) in [6.07, 6.45) is 1.04. The molecule has 0 atom stereocenters. The van der Waals surface area contributed by atoms with Crippen molar-refractivity contribution < 1.29 is 21.9 Å². The average Bonchev–Trinajstić information content (AvgIpc) is 2.25. The van der Waals surface area contributed by atoms with Crippen LogP contribution in [0.5, 0.6) is 0 Å². The van der Waals surface area contributed by atoms with Gasteiger partial charge in [-0.05, 0) is 24.3 Å². The molecule has 8 heteroatoms. The molecule has 0 aliphatic carbocycles. The van der Waals surface area contributed by atoms with Gasteiger partial charge >= 0.3 is 0 Å². The number of sulfone groups is 1. The quantitative estimate of drug-likeness (QED) is 0.746. The van der Waals surface area contributed by atoms with E-state index in [1.807, 2.05) is 0 Å². The lowest BCUT2D eigenvalue weighted by molar-refractivity contribution is 0.301. The highest BCUT2D eigenvalue weighted by Gasteiger charge is 2.14. The summed E-state index contributed by atoms with van der Waals surface area (Å²) in [6, 6.07) is 4.86. The Hall–Kier alpha value is -0.960. The third kappa shape index (κ3) is 3.77. The molecule has 6 nitrogen and oxygen atoms in total. The van der Waals surface area contributed by atoms with E-state index < -0.39 is 19.9 Å². The van der Waals surface area contributed by atoms with Crippen LogP contribution in [0.25, 0.3) is 0 Å². The zero-order chi connectivity index (χ0) is 13.1. The summed E-state index contributed by atoms with van der Waals surface area (Å²) in [5.41, 5.74) is 0. The van der Waals surface area contributed by atoms with Gasteiger partial charge in [-0.3, -0.25) is 0 Å². The highest BCUT2D eigenvalue weighted by atomic mass is 32.2. The van der Waals surface area contributed by atoms with Crippen LogP contribution in [0.15, 0.2) is 34.1 Å². The average molecular weight is 279 g/mol. The van der Waals surface area contributed by atoms with Crippen molar-refractivity contribution in [1.29, 1.82) is 0 Å². The summed E-state index contributed by atoms with van der Waals surface area (Å²) in [6.45, 7) is -0.392. The first kappa shape index (κ1) is 14.1. The van der Waals surface area contributed by atoms with E-state index in [2.05, 4.69) is 4.72 Å². The molecule has 1 aromatic carbocycles. The Labute approximate surface area is 100 Å². The van der Waals surface area contributed by atoms with E-state index in [0.29, 0.717) is 0 Å². The van der Waals surface area contributed by atoms with Gasteiger partial charge in [-0.15, -0.1) is 0 Å². The Balaban J connectivity index is 3.03. The fourth-order valence-electron chi connectivity index (χ4n) is 1.13. The predicted molar refractivity (Wildman–Crippen MR) is 61.8 cm³/mol. The maximum atomic E-state index is 11.6. The summed E-state index contributed by atoms with van der Waals surface area (Å²) in [5, 5.41) is 8.52. The van der Waals surface area contributed by atoms with Gasteiger partial charge in [0, 0.05) is 12.8 Å². The number of hydrogen-bond acceptors (Lipinski definition) is 5. The second-order valence-corrected chi connectivity index (χ2v) is 7.15. The molecule has 1 rings (SSSR count). The van der Waals surface area contributed by atoms with E-state index in [4.69, 9.17) is 5.11 Å². The van der Waals surface area contributed by atoms with Gasteiger partial charge in [0.25, 0.3) is 0 Å². The summed E-state index contributed by atoms with van der Waals surface area (Å²) in [4.78, 5) is 0.0111. The van der Waals surface area contributed by atoms with Gasteiger partial charge in [-0.2, -0.15) is 0 Å². The smallest absolute Gasteiger partial charge is 0.240 e. The Morgan fingerprint density at radius 2 is 1.53 bits per heavy atom. The van der Waals surface area contributed by atoms with Crippen molar-refractivity contribution in [3.05, 3.63) is 24.3 Å². The molecule has 0 saturated heterocycles. The van der Waals surface area contributed by atoms with Crippen molar-refractivity contribution >= 4 is 19.9 Å². The van der Waals surface area contributed by atoms with E-state index in [9.17, 15) is 16.8 Å². The van der Waals surface area contributed by atoms with Crippen LogP contribution < -0.4 is 4.72 Å². The van der Waals surface area contributed by atoms with Crippen LogP contribution in [0.4, 0.5) is 0 Å². The Morgan fingerprint density at radius 3 is 1.94 bits per heavy atom. The van der Waals surface area contributed by atoms with Crippen LogP contribution in [0.3, 0.4) is 0 Å². The van der Waals surface area contributed by atoms with E-state index in [0.717, 1.165) is 6.26 Å². The van der Waals surface area contributed by atoms with E-state index >= 15 is 0 Å². The molecular formula is C9H13NO5S2. The van der Waals surface area contributed by atoms with E-state index in [1.165, 1.54) is 24.3 Å². The molecule has 17 heavy (non-hydrogen) atoms. The van der Waals surface area contributed by atoms with Crippen molar-refractivity contribution in [1.82, 2.24) is 4.72 Å². The second kappa shape index (κ2) is 5.13. The first-order chi connectivity index (χ1) is 7.77. The Morgan fingerprint density at radius 1 is 1.06 bits per heavy atom. The number of nitrogens with one attached hydrogen (secondary N) is 1. The standard InChI is InChI=1S/C9H13NO5S2/c1-16(12,13)8-2-4-9(5-3-8)17(14,15)10-6-7-11/h2-5,10-11H,6-7H2,1H3. The lowest BCUT2D eigenvalue weighted by Gasteiger charge is -2.05. The minimum Gasteiger partial charge on any atom is -0.395 e. The first-order valence-electron chi connectivity index (χ1n) is 4.68. The van der Waals surface area contributed by atoms with Crippen LogP contribution in [0.1, 0.15) is 0 Å². The summed E-state index contributed by atoms with van der Waals surface area (Å²) in [7, 11) is -7.03. The van der Waals surface area contributed by atoms with Crippen LogP contribution in [-0.2, 0) is 19.9 Å². The monoisotopic (exact) mass is 279 g/mol. The van der Waals surface area contributed by atoms with Gasteiger partial charge in [0.05, 0.1) is 16.4 Å². The minimum atomic E-state index is -3.69. The highest BCUT2D eigenvalue weighted by Crippen LogP contribution is 2.13. The molecule has 0 unspecified atom stereocenters. The number of aliphatic hydroxyl groups is 1. The van der Waals surface area contributed by atoms with Crippen LogP contribution >= 0.6 is 0 Å². The van der Waals surface area contributed by atoms with Gasteiger partial charge in [-0.1, -0.05) is 0 Å². The van der Waals surface area contributed by atoms with Crippen molar-refractivity contribution in [2.75, 3.05) is 19.4 Å². The molecular weight excluding hydrogens is 266 g/mol. The first-order valence-corrected chi connectivity index (χ1v) is 8.05. The van der Waals surface area contributed by atoms with Crippen molar-refractivity contribution in [2.45, 2.75) is 9.79 Å². The molecule has 0 aromatic heterocycles. The topological polar surface area (TPSA) is 101 Å². The van der Waals surface area contributed by atoms with Crippen LogP contribution in [0, 0.1) is 0 Å². The molecule has 0 amide bonds. The maximum absolute atomic E-state index is 11.6. The molecule has 96 valence electrons. The number of rotatable bonds is 5. The van der Waals surface area contributed by atoms with Crippen LogP contribution in [-0.4, -0.2) is 41.3 Å². The SMILES string of the molecule is CS(=O)(=O)c1ccc(S(=O)(=O)NCCO)cc1. The molecule has 0 saturated carbocycles. The third-order valence-electron chi connectivity index (χ3n) is 1.97. The Bertz CT molecular complexity index is 574.